The molecule has 1 fully saturated rings. The molecule has 0 radical (unpaired) electrons. The molecular formula is C18H26O5Si. The Hall–Kier alpha value is -1.47. The van der Waals surface area contributed by atoms with Crippen LogP contribution in [-0.4, -0.2) is 44.3 Å². The highest BCUT2D eigenvalue weighted by molar-refractivity contribution is 6.69. The molecule has 2 rings (SSSR count). The number of ether oxygens (including phenoxy) is 2. The summed E-state index contributed by atoms with van der Waals surface area (Å²) in [6.07, 6.45) is 0.679. The predicted octanol–water partition coefficient (Wildman–Crippen LogP) is 2.83. The summed E-state index contributed by atoms with van der Waals surface area (Å²) in [5.74, 6) is -0.425. The van der Waals surface area contributed by atoms with E-state index in [0.717, 1.165) is 5.56 Å². The van der Waals surface area contributed by atoms with Gasteiger partial charge in [0, 0.05) is 6.08 Å². The summed E-state index contributed by atoms with van der Waals surface area (Å²) < 4.78 is 17.0. The summed E-state index contributed by atoms with van der Waals surface area (Å²) in [5, 5.41) is 10.7. The van der Waals surface area contributed by atoms with E-state index in [9.17, 15) is 9.90 Å². The molecule has 4 atom stereocenters. The monoisotopic (exact) mass is 350 g/mol. The fourth-order valence-corrected chi connectivity index (χ4v) is 3.77. The van der Waals surface area contributed by atoms with Gasteiger partial charge in [0.15, 0.2) is 8.32 Å². The number of carbonyl (C=O) groups is 1. The zero-order chi connectivity index (χ0) is 17.7. The van der Waals surface area contributed by atoms with Crippen LogP contribution in [0, 0.1) is 0 Å². The van der Waals surface area contributed by atoms with E-state index < -0.39 is 38.7 Å². The van der Waals surface area contributed by atoms with Gasteiger partial charge in [-0.15, -0.1) is 0 Å². The largest absolute Gasteiger partial charge is 0.463 e. The number of aliphatic hydroxyl groups excluding tert-OH is 1. The van der Waals surface area contributed by atoms with Gasteiger partial charge >= 0.3 is 5.97 Å². The third kappa shape index (κ3) is 5.01. The molecule has 24 heavy (non-hydrogen) atoms. The quantitative estimate of drug-likeness (QED) is 0.485. The topological polar surface area (TPSA) is 65.0 Å². The van der Waals surface area contributed by atoms with Crippen molar-refractivity contribution in [3.63, 3.8) is 0 Å². The van der Waals surface area contributed by atoms with E-state index in [1.807, 2.05) is 30.3 Å². The fourth-order valence-electron chi connectivity index (χ4n) is 2.68. The first-order valence-electron chi connectivity index (χ1n) is 8.23. The van der Waals surface area contributed by atoms with E-state index in [0.29, 0.717) is 6.61 Å². The second kappa shape index (κ2) is 8.07. The third-order valence-electron chi connectivity index (χ3n) is 3.60. The molecule has 1 aliphatic rings. The first-order valence-corrected chi connectivity index (χ1v) is 11.6. The molecule has 1 saturated heterocycles. The maximum atomic E-state index is 11.6. The van der Waals surface area contributed by atoms with Crippen LogP contribution in [0.5, 0.6) is 0 Å². The molecule has 1 heterocycles. The Morgan fingerprint density at radius 3 is 2.54 bits per heavy atom. The summed E-state index contributed by atoms with van der Waals surface area (Å²) in [7, 11) is -1.90. The van der Waals surface area contributed by atoms with E-state index in [2.05, 4.69) is 19.6 Å². The van der Waals surface area contributed by atoms with Gasteiger partial charge in [-0.1, -0.05) is 30.3 Å². The number of carbonyl (C=O) groups excluding carboxylic acids is 1. The van der Waals surface area contributed by atoms with Crippen molar-refractivity contribution in [3.05, 3.63) is 48.0 Å². The van der Waals surface area contributed by atoms with Gasteiger partial charge in [-0.05, 0) is 38.2 Å². The van der Waals surface area contributed by atoms with Crippen LogP contribution < -0.4 is 0 Å². The highest BCUT2D eigenvalue weighted by Gasteiger charge is 2.45. The molecule has 6 heteroatoms. The highest BCUT2D eigenvalue weighted by Crippen LogP contribution is 2.36. The lowest BCUT2D eigenvalue weighted by Crippen LogP contribution is -2.41. The molecule has 0 unspecified atom stereocenters. The Labute approximate surface area is 144 Å². The maximum Gasteiger partial charge on any atom is 0.330 e. The first-order chi connectivity index (χ1) is 11.3. The summed E-state index contributed by atoms with van der Waals surface area (Å²) in [5.41, 5.74) is 0.890. The van der Waals surface area contributed by atoms with Gasteiger partial charge in [0.1, 0.15) is 24.4 Å². The Bertz CT molecular complexity index is 567. The second-order valence-corrected chi connectivity index (χ2v) is 11.2. The summed E-state index contributed by atoms with van der Waals surface area (Å²) >= 11 is 0. The van der Waals surface area contributed by atoms with Gasteiger partial charge in [-0.3, -0.25) is 0 Å². The van der Waals surface area contributed by atoms with Crippen molar-refractivity contribution in [2.45, 2.75) is 51.0 Å². The summed E-state index contributed by atoms with van der Waals surface area (Å²) in [4.78, 5) is 11.6. The van der Waals surface area contributed by atoms with Crippen LogP contribution in [0.1, 0.15) is 18.6 Å². The van der Waals surface area contributed by atoms with Crippen LogP contribution in [-0.2, 0) is 18.7 Å². The molecule has 0 spiro atoms. The molecule has 1 aromatic carbocycles. The lowest BCUT2D eigenvalue weighted by Gasteiger charge is -2.27. The van der Waals surface area contributed by atoms with Crippen molar-refractivity contribution in [3.8, 4) is 0 Å². The van der Waals surface area contributed by atoms with Crippen molar-refractivity contribution in [1.82, 2.24) is 0 Å². The van der Waals surface area contributed by atoms with Crippen LogP contribution in [0.15, 0.2) is 42.5 Å². The number of esters is 1. The van der Waals surface area contributed by atoms with Crippen LogP contribution in [0.3, 0.4) is 0 Å². The smallest absolute Gasteiger partial charge is 0.330 e. The zero-order valence-electron chi connectivity index (χ0n) is 14.6. The minimum absolute atomic E-state index is 0.318. The van der Waals surface area contributed by atoms with Crippen LogP contribution in [0.2, 0.25) is 19.6 Å². The molecule has 1 aliphatic heterocycles. The van der Waals surface area contributed by atoms with E-state index in [4.69, 9.17) is 13.9 Å². The SMILES string of the molecule is CCOC(=O)/C=C\[C@@H]1O[C@H](c2ccccc2)[C@@H](O)[C@@H]1O[Si](C)(C)C. The van der Waals surface area contributed by atoms with Gasteiger partial charge < -0.3 is 19.0 Å². The van der Waals surface area contributed by atoms with Gasteiger partial charge in [0.2, 0.25) is 0 Å². The minimum Gasteiger partial charge on any atom is -0.463 e. The molecule has 0 saturated carbocycles. The molecule has 132 valence electrons. The predicted molar refractivity (Wildman–Crippen MR) is 94.1 cm³/mol. The molecule has 5 nitrogen and oxygen atoms in total. The van der Waals surface area contributed by atoms with Crippen molar-refractivity contribution in [2.24, 2.45) is 0 Å². The highest BCUT2D eigenvalue weighted by atomic mass is 28.4. The fraction of sp³-hybridized carbons (Fsp3) is 0.500. The Kier molecular flexibility index (Phi) is 6.34. The summed E-state index contributed by atoms with van der Waals surface area (Å²) in [6.45, 7) is 8.24. The van der Waals surface area contributed by atoms with Crippen molar-refractivity contribution in [1.29, 1.82) is 0 Å². The van der Waals surface area contributed by atoms with E-state index in [1.165, 1.54) is 6.08 Å². The Balaban J connectivity index is 2.20. The Morgan fingerprint density at radius 1 is 1.29 bits per heavy atom. The van der Waals surface area contributed by atoms with Crippen molar-refractivity contribution >= 4 is 14.3 Å². The van der Waals surface area contributed by atoms with E-state index in [-0.39, 0.29) is 0 Å². The molecule has 1 N–H and O–H groups in total. The number of hydrogen-bond acceptors (Lipinski definition) is 5. The van der Waals surface area contributed by atoms with Crippen LogP contribution in [0.25, 0.3) is 0 Å². The molecular weight excluding hydrogens is 324 g/mol. The number of rotatable bonds is 6. The molecule has 0 amide bonds. The van der Waals surface area contributed by atoms with Crippen LogP contribution in [0.4, 0.5) is 0 Å². The molecule has 0 aromatic heterocycles. The zero-order valence-corrected chi connectivity index (χ0v) is 15.6. The van der Waals surface area contributed by atoms with Crippen LogP contribution >= 0.6 is 0 Å². The second-order valence-electron chi connectivity index (χ2n) is 6.73. The third-order valence-corrected chi connectivity index (χ3v) is 4.58. The Morgan fingerprint density at radius 2 is 1.96 bits per heavy atom. The molecule has 0 bridgehead atoms. The van der Waals surface area contributed by atoms with Gasteiger partial charge in [-0.25, -0.2) is 4.79 Å². The van der Waals surface area contributed by atoms with Gasteiger partial charge in [0.05, 0.1) is 6.61 Å². The number of benzene rings is 1. The van der Waals surface area contributed by atoms with Crippen molar-refractivity contribution in [2.75, 3.05) is 6.61 Å². The van der Waals surface area contributed by atoms with Gasteiger partial charge in [0.25, 0.3) is 0 Å². The average Bonchev–Trinajstić information content (AvgIpc) is 2.82. The average molecular weight is 350 g/mol. The number of aliphatic hydroxyl groups is 1. The minimum atomic E-state index is -1.90. The standard InChI is InChI=1S/C18H26O5Si/c1-5-21-15(19)12-11-14-18(23-24(2,3)4)16(20)17(22-14)13-9-7-6-8-10-13/h6-12,14,16-18,20H,5H2,1-4H3/b12-11-/t14-,16+,17+,18+/m0/s1. The van der Waals surface area contributed by atoms with Crippen molar-refractivity contribution < 1.29 is 23.8 Å². The van der Waals surface area contributed by atoms with E-state index >= 15 is 0 Å². The molecule has 1 aromatic rings. The lowest BCUT2D eigenvalue weighted by molar-refractivity contribution is -0.137. The lowest BCUT2D eigenvalue weighted by atomic mass is 10.0. The van der Waals surface area contributed by atoms with Gasteiger partial charge in [-0.2, -0.15) is 0 Å². The van der Waals surface area contributed by atoms with E-state index in [1.54, 1.807) is 13.0 Å². The maximum absolute atomic E-state index is 11.6. The molecule has 0 aliphatic carbocycles. The number of hydrogen-bond donors (Lipinski definition) is 1. The first kappa shape index (κ1) is 18.9. The normalized spacial score (nSPS) is 27.5. The summed E-state index contributed by atoms with van der Waals surface area (Å²) in [6, 6.07) is 9.55.